The van der Waals surface area contributed by atoms with E-state index in [1.54, 1.807) is 14.0 Å². The second kappa shape index (κ2) is 6.30. The first kappa shape index (κ1) is 16.6. The van der Waals surface area contributed by atoms with Crippen molar-refractivity contribution in [3.63, 3.8) is 0 Å². The summed E-state index contributed by atoms with van der Waals surface area (Å²) >= 11 is 0. The molecule has 2 aliphatic rings. The van der Waals surface area contributed by atoms with E-state index in [9.17, 15) is 4.79 Å². The molecule has 1 aliphatic heterocycles. The number of rotatable bonds is 4. The van der Waals surface area contributed by atoms with Crippen molar-refractivity contribution >= 4 is 17.2 Å². The van der Waals surface area contributed by atoms with E-state index in [4.69, 9.17) is 9.73 Å². The lowest BCUT2D eigenvalue weighted by molar-refractivity contribution is -0.118. The van der Waals surface area contributed by atoms with Gasteiger partial charge in [-0.3, -0.25) is 9.79 Å². The zero-order chi connectivity index (χ0) is 17.3. The van der Waals surface area contributed by atoms with Crippen molar-refractivity contribution < 1.29 is 9.53 Å². The molecule has 128 valence electrons. The fourth-order valence-corrected chi connectivity index (χ4v) is 3.29. The minimum absolute atomic E-state index is 0.109. The van der Waals surface area contributed by atoms with Crippen LogP contribution >= 0.6 is 0 Å². The van der Waals surface area contributed by atoms with Gasteiger partial charge in [-0.25, -0.2) is 0 Å². The summed E-state index contributed by atoms with van der Waals surface area (Å²) in [4.78, 5) is 16.4. The number of aliphatic imine (C=N–C) groups is 1. The molecule has 0 amide bonds. The number of ether oxygens (including phenoxy) is 1. The fourth-order valence-electron chi connectivity index (χ4n) is 3.29. The molecule has 5 heteroatoms. The van der Waals surface area contributed by atoms with E-state index in [0.29, 0.717) is 6.54 Å². The molecule has 1 atom stereocenters. The van der Waals surface area contributed by atoms with Crippen LogP contribution < -0.4 is 15.4 Å². The lowest BCUT2D eigenvalue weighted by atomic mass is 9.76. The molecule has 3 rings (SSSR count). The summed E-state index contributed by atoms with van der Waals surface area (Å²) in [6, 6.07) is 7.63. The largest absolute Gasteiger partial charge is 0.497 e. The zero-order valence-electron chi connectivity index (χ0n) is 14.8. The topological polar surface area (TPSA) is 62.7 Å². The standard InChI is InChI=1S/C19H25N3O2/c1-12(23)17-11-20-18-15(9-19(2,3)10-16(18)22-17)21-13-5-7-14(24-4)8-6-13/h5-8,17,20-21H,9-11H2,1-4H3. The molecule has 0 radical (unpaired) electrons. The SMILES string of the molecule is COc1ccc(NC2=C3NCC(C(C)=O)N=C3CC(C)(C)C2)cc1. The lowest BCUT2D eigenvalue weighted by Gasteiger charge is -2.37. The molecule has 1 heterocycles. The smallest absolute Gasteiger partial charge is 0.156 e. The minimum Gasteiger partial charge on any atom is -0.497 e. The Morgan fingerprint density at radius 2 is 2.00 bits per heavy atom. The molecule has 1 aromatic carbocycles. The molecule has 24 heavy (non-hydrogen) atoms. The zero-order valence-corrected chi connectivity index (χ0v) is 14.8. The van der Waals surface area contributed by atoms with Gasteiger partial charge in [0.05, 0.1) is 18.5 Å². The number of hydrogen-bond donors (Lipinski definition) is 2. The van der Waals surface area contributed by atoms with Crippen LogP contribution in [0.2, 0.25) is 0 Å². The van der Waals surface area contributed by atoms with Gasteiger partial charge in [0, 0.05) is 17.9 Å². The Morgan fingerprint density at radius 3 is 2.62 bits per heavy atom. The molecule has 0 spiro atoms. The summed E-state index contributed by atoms with van der Waals surface area (Å²) < 4.78 is 5.21. The first-order chi connectivity index (χ1) is 11.4. The Balaban J connectivity index is 1.91. The first-order valence-corrected chi connectivity index (χ1v) is 8.33. The summed E-state index contributed by atoms with van der Waals surface area (Å²) in [5, 5.41) is 6.95. The molecule has 5 nitrogen and oxygen atoms in total. The first-order valence-electron chi connectivity index (χ1n) is 8.33. The van der Waals surface area contributed by atoms with E-state index in [1.807, 2.05) is 24.3 Å². The predicted octanol–water partition coefficient (Wildman–Crippen LogP) is 3.14. The number of carbonyl (C=O) groups excluding carboxylic acids is 1. The average Bonchev–Trinajstić information content (AvgIpc) is 2.54. The van der Waals surface area contributed by atoms with E-state index in [2.05, 4.69) is 24.5 Å². The number of allylic oxidation sites excluding steroid dienone is 2. The van der Waals surface area contributed by atoms with Gasteiger partial charge in [0.15, 0.2) is 5.78 Å². The molecule has 0 aromatic heterocycles. The number of Topliss-reactive ketones (excluding diaryl/α,β-unsaturated/α-hetero) is 1. The normalized spacial score (nSPS) is 22.2. The highest BCUT2D eigenvalue weighted by atomic mass is 16.5. The number of nitrogens with zero attached hydrogens (tertiary/aromatic N) is 1. The highest BCUT2D eigenvalue weighted by Crippen LogP contribution is 2.38. The summed E-state index contributed by atoms with van der Waals surface area (Å²) in [7, 11) is 1.66. The summed E-state index contributed by atoms with van der Waals surface area (Å²) in [5.74, 6) is 0.951. The van der Waals surface area contributed by atoms with Gasteiger partial charge in [-0.1, -0.05) is 13.8 Å². The average molecular weight is 327 g/mol. The molecule has 0 saturated heterocycles. The van der Waals surface area contributed by atoms with Gasteiger partial charge in [-0.2, -0.15) is 0 Å². The fraction of sp³-hybridized carbons (Fsp3) is 0.474. The number of methoxy groups -OCH3 is 1. The van der Waals surface area contributed by atoms with Crippen LogP contribution in [0.1, 0.15) is 33.6 Å². The van der Waals surface area contributed by atoms with Gasteiger partial charge in [-0.15, -0.1) is 0 Å². The Hall–Kier alpha value is -2.30. The molecule has 1 unspecified atom stereocenters. The van der Waals surface area contributed by atoms with Crippen molar-refractivity contribution in [2.24, 2.45) is 10.4 Å². The summed E-state index contributed by atoms with van der Waals surface area (Å²) in [5.41, 5.74) is 4.33. The third kappa shape index (κ3) is 3.45. The van der Waals surface area contributed by atoms with Crippen molar-refractivity contribution in [2.75, 3.05) is 19.0 Å². The van der Waals surface area contributed by atoms with Crippen LogP contribution in [0.25, 0.3) is 0 Å². The van der Waals surface area contributed by atoms with E-state index in [0.717, 1.165) is 41.4 Å². The number of anilines is 1. The number of fused-ring (bicyclic) bond motifs is 1. The van der Waals surface area contributed by atoms with Crippen LogP contribution in [0.3, 0.4) is 0 Å². The van der Waals surface area contributed by atoms with E-state index in [-0.39, 0.29) is 17.2 Å². The maximum Gasteiger partial charge on any atom is 0.156 e. The number of nitrogens with one attached hydrogen (secondary N) is 2. The van der Waals surface area contributed by atoms with Crippen molar-refractivity contribution in [1.29, 1.82) is 0 Å². The van der Waals surface area contributed by atoms with Gasteiger partial charge < -0.3 is 15.4 Å². The van der Waals surface area contributed by atoms with E-state index >= 15 is 0 Å². The van der Waals surface area contributed by atoms with Gasteiger partial charge in [0.2, 0.25) is 0 Å². The Kier molecular flexibility index (Phi) is 4.35. The second-order valence-electron chi connectivity index (χ2n) is 7.31. The highest BCUT2D eigenvalue weighted by Gasteiger charge is 2.35. The number of ketones is 1. The van der Waals surface area contributed by atoms with Crippen molar-refractivity contribution in [3.8, 4) is 5.75 Å². The van der Waals surface area contributed by atoms with Crippen LogP contribution in [-0.2, 0) is 4.79 Å². The van der Waals surface area contributed by atoms with Crippen molar-refractivity contribution in [2.45, 2.75) is 39.7 Å². The molecular weight excluding hydrogens is 302 g/mol. The van der Waals surface area contributed by atoms with E-state index in [1.165, 1.54) is 0 Å². The maximum absolute atomic E-state index is 11.7. The molecule has 1 aliphatic carbocycles. The molecule has 0 saturated carbocycles. The van der Waals surface area contributed by atoms with Gasteiger partial charge >= 0.3 is 0 Å². The number of benzene rings is 1. The number of hydrogen-bond acceptors (Lipinski definition) is 5. The monoisotopic (exact) mass is 327 g/mol. The Morgan fingerprint density at radius 1 is 1.29 bits per heavy atom. The maximum atomic E-state index is 11.7. The quantitative estimate of drug-likeness (QED) is 0.892. The molecule has 0 bridgehead atoms. The minimum atomic E-state index is -0.264. The van der Waals surface area contributed by atoms with Crippen LogP contribution in [0.5, 0.6) is 5.75 Å². The lowest BCUT2D eigenvalue weighted by Crippen LogP contribution is -2.43. The second-order valence-corrected chi connectivity index (χ2v) is 7.31. The Labute approximate surface area is 143 Å². The van der Waals surface area contributed by atoms with Crippen LogP contribution in [-0.4, -0.2) is 31.2 Å². The van der Waals surface area contributed by atoms with E-state index < -0.39 is 0 Å². The van der Waals surface area contributed by atoms with Crippen molar-refractivity contribution in [3.05, 3.63) is 35.7 Å². The van der Waals surface area contributed by atoms with Crippen LogP contribution in [0.4, 0.5) is 5.69 Å². The van der Waals surface area contributed by atoms with Gasteiger partial charge in [0.1, 0.15) is 11.8 Å². The van der Waals surface area contributed by atoms with Gasteiger partial charge in [-0.05, 0) is 49.4 Å². The van der Waals surface area contributed by atoms with Crippen molar-refractivity contribution in [1.82, 2.24) is 5.32 Å². The molecule has 2 N–H and O–H groups in total. The van der Waals surface area contributed by atoms with Crippen LogP contribution in [0, 0.1) is 5.41 Å². The summed E-state index contributed by atoms with van der Waals surface area (Å²) in [6.45, 7) is 6.65. The summed E-state index contributed by atoms with van der Waals surface area (Å²) in [6.07, 6.45) is 1.82. The predicted molar refractivity (Wildman–Crippen MR) is 96.6 cm³/mol. The molecule has 0 fully saturated rings. The third-order valence-corrected chi connectivity index (χ3v) is 4.53. The van der Waals surface area contributed by atoms with Crippen LogP contribution in [0.15, 0.2) is 40.7 Å². The highest BCUT2D eigenvalue weighted by molar-refractivity contribution is 6.04. The Bertz CT molecular complexity index is 702. The number of carbonyl (C=O) groups is 1. The molecular formula is C19H25N3O2. The molecule has 1 aromatic rings. The van der Waals surface area contributed by atoms with Gasteiger partial charge in [0.25, 0.3) is 0 Å². The third-order valence-electron chi connectivity index (χ3n) is 4.53.